The molecule has 0 aliphatic rings. The van der Waals surface area contributed by atoms with Gasteiger partial charge in [0.15, 0.2) is 11.6 Å². The highest BCUT2D eigenvalue weighted by Gasteiger charge is 2.14. The molecule has 5 heteroatoms. The van der Waals surface area contributed by atoms with Gasteiger partial charge < -0.3 is 10.1 Å². The molecule has 0 saturated heterocycles. The Hall–Kier alpha value is -1.46. The molecular weight excluding hydrogens is 263 g/mol. The van der Waals surface area contributed by atoms with Gasteiger partial charge in [-0.2, -0.15) is 0 Å². The normalized spacial score (nSPS) is 12.4. The second-order valence-electron chi connectivity index (χ2n) is 4.20. The van der Waals surface area contributed by atoms with Crippen LogP contribution < -0.4 is 10.1 Å². The number of nitrogens with zero attached hydrogens (tertiary/aromatic N) is 1. The van der Waals surface area contributed by atoms with Crippen LogP contribution in [0.2, 0.25) is 0 Å². The first-order chi connectivity index (χ1) is 9.24. The maximum absolute atomic E-state index is 13.7. The standard InChI is InChI=1S/C14H17FN2OS/c1-3-16-12(13-8-19-9-17-13)7-10-4-5-14(18-2)11(15)6-10/h4-6,8-9,12,16H,3,7H2,1-2H3. The molecule has 102 valence electrons. The minimum atomic E-state index is -0.325. The lowest BCUT2D eigenvalue weighted by atomic mass is 10.0. The summed E-state index contributed by atoms with van der Waals surface area (Å²) in [4.78, 5) is 4.33. The zero-order valence-corrected chi connectivity index (χ0v) is 11.8. The van der Waals surface area contributed by atoms with E-state index < -0.39 is 0 Å². The summed E-state index contributed by atoms with van der Waals surface area (Å²) < 4.78 is 18.6. The molecule has 0 amide bonds. The second kappa shape index (κ2) is 6.63. The van der Waals surface area contributed by atoms with Gasteiger partial charge in [-0.05, 0) is 30.7 Å². The van der Waals surface area contributed by atoms with E-state index in [-0.39, 0.29) is 17.6 Å². The predicted molar refractivity (Wildman–Crippen MR) is 75.2 cm³/mol. The molecular formula is C14H17FN2OS. The van der Waals surface area contributed by atoms with E-state index in [9.17, 15) is 4.39 Å². The predicted octanol–water partition coefficient (Wildman–Crippen LogP) is 3.18. The number of aromatic nitrogens is 1. The fourth-order valence-corrected chi connectivity index (χ4v) is 2.60. The smallest absolute Gasteiger partial charge is 0.165 e. The van der Waals surface area contributed by atoms with Crippen molar-refractivity contribution in [2.24, 2.45) is 0 Å². The summed E-state index contributed by atoms with van der Waals surface area (Å²) >= 11 is 1.57. The lowest BCUT2D eigenvalue weighted by Gasteiger charge is -2.16. The number of rotatable bonds is 6. The van der Waals surface area contributed by atoms with Gasteiger partial charge in [-0.1, -0.05) is 13.0 Å². The Bertz CT molecular complexity index is 516. The van der Waals surface area contributed by atoms with E-state index in [4.69, 9.17) is 4.74 Å². The van der Waals surface area contributed by atoms with Crippen LogP contribution in [0.5, 0.6) is 5.75 Å². The molecule has 1 heterocycles. The van der Waals surface area contributed by atoms with E-state index in [1.54, 1.807) is 17.4 Å². The molecule has 0 aliphatic heterocycles. The molecule has 1 unspecified atom stereocenters. The van der Waals surface area contributed by atoms with Gasteiger partial charge in [0.25, 0.3) is 0 Å². The molecule has 3 nitrogen and oxygen atoms in total. The van der Waals surface area contributed by atoms with Crippen LogP contribution in [0.15, 0.2) is 29.1 Å². The maximum Gasteiger partial charge on any atom is 0.165 e. The van der Waals surface area contributed by atoms with Crippen molar-refractivity contribution < 1.29 is 9.13 Å². The highest BCUT2D eigenvalue weighted by Crippen LogP contribution is 2.22. The maximum atomic E-state index is 13.7. The van der Waals surface area contributed by atoms with Crippen molar-refractivity contribution in [1.82, 2.24) is 10.3 Å². The lowest BCUT2D eigenvalue weighted by Crippen LogP contribution is -2.23. The quantitative estimate of drug-likeness (QED) is 0.882. The molecule has 2 aromatic rings. The summed E-state index contributed by atoms with van der Waals surface area (Å²) in [6, 6.07) is 5.19. The zero-order valence-electron chi connectivity index (χ0n) is 11.0. The van der Waals surface area contributed by atoms with E-state index >= 15 is 0 Å². The van der Waals surface area contributed by atoms with Crippen LogP contribution in [0.25, 0.3) is 0 Å². The number of ether oxygens (including phenoxy) is 1. The Morgan fingerprint density at radius 3 is 2.89 bits per heavy atom. The molecule has 2 rings (SSSR count). The minimum absolute atomic E-state index is 0.115. The summed E-state index contributed by atoms with van der Waals surface area (Å²) in [6.45, 7) is 2.90. The van der Waals surface area contributed by atoms with Gasteiger partial charge in [0, 0.05) is 5.38 Å². The van der Waals surface area contributed by atoms with Crippen LogP contribution >= 0.6 is 11.3 Å². The summed E-state index contributed by atoms with van der Waals surface area (Å²) in [5.41, 5.74) is 3.74. The first-order valence-corrected chi connectivity index (χ1v) is 7.12. The Labute approximate surface area is 116 Å². The van der Waals surface area contributed by atoms with Gasteiger partial charge in [0.1, 0.15) is 0 Å². The van der Waals surface area contributed by atoms with Crippen molar-refractivity contribution in [2.75, 3.05) is 13.7 Å². The van der Waals surface area contributed by atoms with Gasteiger partial charge in [-0.15, -0.1) is 11.3 Å². The fourth-order valence-electron chi connectivity index (χ4n) is 1.99. The second-order valence-corrected chi connectivity index (χ2v) is 4.92. The Morgan fingerprint density at radius 1 is 1.47 bits per heavy atom. The number of methoxy groups -OCH3 is 1. The summed E-state index contributed by atoms with van der Waals surface area (Å²) in [7, 11) is 1.47. The number of thiazole rings is 1. The molecule has 0 saturated carbocycles. The number of likely N-dealkylation sites (N-methyl/N-ethyl adjacent to an activating group) is 1. The highest BCUT2D eigenvalue weighted by molar-refractivity contribution is 7.07. The molecule has 0 fully saturated rings. The minimum Gasteiger partial charge on any atom is -0.494 e. The molecule has 0 aliphatic carbocycles. The Morgan fingerprint density at radius 2 is 2.32 bits per heavy atom. The molecule has 1 aromatic carbocycles. The van der Waals surface area contributed by atoms with Gasteiger partial charge >= 0.3 is 0 Å². The van der Waals surface area contributed by atoms with E-state index in [1.165, 1.54) is 13.2 Å². The molecule has 19 heavy (non-hydrogen) atoms. The number of benzene rings is 1. The van der Waals surface area contributed by atoms with Crippen LogP contribution in [0, 0.1) is 5.82 Å². The molecule has 0 radical (unpaired) electrons. The van der Waals surface area contributed by atoms with Gasteiger partial charge in [0.05, 0.1) is 24.4 Å². The Balaban J connectivity index is 2.15. The summed E-state index contributed by atoms with van der Waals surface area (Å²) in [5, 5.41) is 5.39. The van der Waals surface area contributed by atoms with E-state index in [0.29, 0.717) is 6.42 Å². The third-order valence-electron chi connectivity index (χ3n) is 2.91. The SMILES string of the molecule is CCNC(Cc1ccc(OC)c(F)c1)c1cscn1. The molecule has 0 bridgehead atoms. The first kappa shape index (κ1) is 14.0. The summed E-state index contributed by atoms with van der Waals surface area (Å²) in [6.07, 6.45) is 0.707. The van der Waals surface area contributed by atoms with Crippen molar-refractivity contribution in [2.45, 2.75) is 19.4 Å². The van der Waals surface area contributed by atoms with Crippen molar-refractivity contribution >= 4 is 11.3 Å². The Kier molecular flexibility index (Phi) is 4.87. The number of halogens is 1. The largest absolute Gasteiger partial charge is 0.494 e. The molecule has 1 N–H and O–H groups in total. The van der Waals surface area contributed by atoms with Crippen LogP contribution in [0.4, 0.5) is 4.39 Å². The average molecular weight is 280 g/mol. The van der Waals surface area contributed by atoms with E-state index in [1.807, 2.05) is 23.9 Å². The fraction of sp³-hybridized carbons (Fsp3) is 0.357. The van der Waals surface area contributed by atoms with E-state index in [0.717, 1.165) is 17.8 Å². The molecule has 0 spiro atoms. The monoisotopic (exact) mass is 280 g/mol. The average Bonchev–Trinajstić information content (AvgIpc) is 2.92. The molecule has 1 aromatic heterocycles. The van der Waals surface area contributed by atoms with Crippen LogP contribution in [0.3, 0.4) is 0 Å². The van der Waals surface area contributed by atoms with Crippen molar-refractivity contribution in [1.29, 1.82) is 0 Å². The van der Waals surface area contributed by atoms with Crippen LogP contribution in [-0.4, -0.2) is 18.6 Å². The molecule has 1 atom stereocenters. The van der Waals surface area contributed by atoms with Crippen molar-refractivity contribution in [3.05, 3.63) is 46.2 Å². The van der Waals surface area contributed by atoms with Gasteiger partial charge in [-0.3, -0.25) is 0 Å². The summed E-state index contributed by atoms with van der Waals surface area (Å²) in [5.74, 6) is -0.0501. The van der Waals surface area contributed by atoms with Crippen molar-refractivity contribution in [3.63, 3.8) is 0 Å². The van der Waals surface area contributed by atoms with Crippen LogP contribution in [-0.2, 0) is 6.42 Å². The van der Waals surface area contributed by atoms with Crippen molar-refractivity contribution in [3.8, 4) is 5.75 Å². The van der Waals surface area contributed by atoms with E-state index in [2.05, 4.69) is 10.3 Å². The third kappa shape index (κ3) is 3.52. The van der Waals surface area contributed by atoms with Gasteiger partial charge in [0.2, 0.25) is 0 Å². The zero-order chi connectivity index (χ0) is 13.7. The first-order valence-electron chi connectivity index (χ1n) is 6.18. The topological polar surface area (TPSA) is 34.1 Å². The third-order valence-corrected chi connectivity index (χ3v) is 3.52. The van der Waals surface area contributed by atoms with Gasteiger partial charge in [-0.25, -0.2) is 9.37 Å². The number of hydrogen-bond donors (Lipinski definition) is 1. The van der Waals surface area contributed by atoms with Crippen LogP contribution in [0.1, 0.15) is 24.2 Å². The lowest BCUT2D eigenvalue weighted by molar-refractivity contribution is 0.386. The number of hydrogen-bond acceptors (Lipinski definition) is 4. The highest BCUT2D eigenvalue weighted by atomic mass is 32.1. The number of nitrogens with one attached hydrogen (secondary N) is 1.